The molecule has 2 rings (SSSR count). The summed E-state index contributed by atoms with van der Waals surface area (Å²) in [5.41, 5.74) is 1.70. The lowest BCUT2D eigenvalue weighted by atomic mass is 10.1. The molecule has 0 aliphatic rings. The van der Waals surface area contributed by atoms with Crippen molar-refractivity contribution in [1.82, 2.24) is 5.32 Å². The van der Waals surface area contributed by atoms with Gasteiger partial charge in [-0.2, -0.15) is 5.26 Å². The van der Waals surface area contributed by atoms with Gasteiger partial charge >= 0.3 is 0 Å². The second-order valence-corrected chi connectivity index (χ2v) is 7.42. The highest BCUT2D eigenvalue weighted by molar-refractivity contribution is 8.19. The van der Waals surface area contributed by atoms with E-state index in [-0.39, 0.29) is 5.57 Å². The van der Waals surface area contributed by atoms with Crippen molar-refractivity contribution in [1.29, 1.82) is 7.93 Å². The SMILES string of the molecule is [2H]B(C)SOc1ccc(/C=C/C=C(\C#N)C(=O)NCc2ccccc2)cc1OSB([2H])C. The van der Waals surface area contributed by atoms with Crippen molar-refractivity contribution in [3.05, 3.63) is 77.4 Å². The molecule has 0 aliphatic heterocycles. The number of carbonyl (C=O) groups excluding carboxylic acids is 1. The summed E-state index contributed by atoms with van der Waals surface area (Å²) in [6.45, 7) is 2.77. The topological polar surface area (TPSA) is 71.3 Å². The molecule has 0 aliphatic carbocycles. The van der Waals surface area contributed by atoms with Crippen molar-refractivity contribution in [2.45, 2.75) is 20.2 Å². The molecule has 2 aromatic carbocycles. The van der Waals surface area contributed by atoms with E-state index in [0.717, 1.165) is 34.9 Å². The van der Waals surface area contributed by atoms with Crippen LogP contribution in [0.2, 0.25) is 13.6 Å². The molecule has 0 heterocycles. The predicted octanol–water partition coefficient (Wildman–Crippen LogP) is 4.32. The third-order valence-electron chi connectivity index (χ3n) is 3.65. The van der Waals surface area contributed by atoms with E-state index in [0.29, 0.717) is 18.0 Å². The first-order valence-corrected chi connectivity index (χ1v) is 10.8. The van der Waals surface area contributed by atoms with Crippen LogP contribution in [0.3, 0.4) is 0 Å². The minimum Gasteiger partial charge on any atom is -0.434 e. The van der Waals surface area contributed by atoms with Gasteiger partial charge in [-0.15, -0.1) is 0 Å². The van der Waals surface area contributed by atoms with Gasteiger partial charge in [-0.3, -0.25) is 4.79 Å². The summed E-state index contributed by atoms with van der Waals surface area (Å²) in [4.78, 5) is 12.3. The van der Waals surface area contributed by atoms with Crippen LogP contribution < -0.4 is 13.7 Å². The van der Waals surface area contributed by atoms with Gasteiger partial charge in [0.1, 0.15) is 11.6 Å². The summed E-state index contributed by atoms with van der Waals surface area (Å²) in [7, 11) is 0. The molecular formula is C21H22B2N2O3S2. The van der Waals surface area contributed by atoms with Gasteiger partial charge in [0.25, 0.3) is 5.91 Å². The number of carbonyl (C=O) groups is 1. The highest BCUT2D eigenvalue weighted by atomic mass is 32.2. The molecule has 0 unspecified atom stereocenters. The van der Waals surface area contributed by atoms with Crippen LogP contribution in [0.25, 0.3) is 6.08 Å². The van der Waals surface area contributed by atoms with Gasteiger partial charge in [-0.1, -0.05) is 62.2 Å². The molecule has 0 spiro atoms. The van der Waals surface area contributed by atoms with Crippen molar-refractivity contribution in [2.75, 3.05) is 0 Å². The van der Waals surface area contributed by atoms with Gasteiger partial charge in [-0.05, 0) is 55.8 Å². The van der Waals surface area contributed by atoms with Crippen LogP contribution in [0.15, 0.2) is 66.3 Å². The Kier molecular flexibility index (Phi) is 9.27. The first-order chi connectivity index (χ1) is 15.4. The first kappa shape index (κ1) is 20.6. The number of rotatable bonds is 11. The van der Waals surface area contributed by atoms with E-state index in [4.69, 9.17) is 11.0 Å². The van der Waals surface area contributed by atoms with Crippen molar-refractivity contribution in [3.63, 3.8) is 0 Å². The Morgan fingerprint density at radius 2 is 1.87 bits per heavy atom. The van der Waals surface area contributed by atoms with Gasteiger partial charge in [0.15, 0.2) is 11.5 Å². The Morgan fingerprint density at radius 3 is 2.53 bits per heavy atom. The number of benzene rings is 2. The van der Waals surface area contributed by atoms with Crippen molar-refractivity contribution < 1.29 is 13.2 Å². The van der Waals surface area contributed by atoms with Gasteiger partial charge < -0.3 is 13.7 Å². The van der Waals surface area contributed by atoms with Gasteiger partial charge in [0, 0.05) is 6.54 Å². The molecule has 0 saturated heterocycles. The van der Waals surface area contributed by atoms with Crippen LogP contribution >= 0.6 is 23.8 Å². The average Bonchev–Trinajstić information content (AvgIpc) is 2.78. The summed E-state index contributed by atoms with van der Waals surface area (Å²) in [5.74, 6) is 0.429. The highest BCUT2D eigenvalue weighted by Gasteiger charge is 2.09. The van der Waals surface area contributed by atoms with Crippen LogP contribution in [0.1, 0.15) is 11.1 Å². The first-order valence-electron chi connectivity index (χ1n) is 10.3. The van der Waals surface area contributed by atoms with E-state index in [9.17, 15) is 10.1 Å². The molecule has 9 heteroatoms. The Labute approximate surface area is 190 Å². The van der Waals surface area contributed by atoms with Crippen LogP contribution in [0.5, 0.6) is 11.5 Å². The number of nitriles is 1. The number of nitrogens with one attached hydrogen (secondary N) is 1. The summed E-state index contributed by atoms with van der Waals surface area (Å²) in [6.07, 6.45) is 4.79. The standard InChI is InChI=1S/C21H22B2N2O3S2/c1-22-29-27-19-12-11-16(13-20(19)28-30-23-2)9-6-10-18(14-24)21(26)25-15-17-7-4-3-5-8-17/h3-13,22-23H,15H2,1-2H3,(H,25,26)/b9-6+,18-10+/i22D,23D. The zero-order valence-electron chi connectivity index (χ0n) is 18.7. The Bertz CT molecular complexity index is 1000. The minimum absolute atomic E-state index is 0.00646. The van der Waals surface area contributed by atoms with Crippen LogP contribution in [-0.2, 0) is 11.3 Å². The number of allylic oxidation sites excluding steroid dienone is 2. The fraction of sp³-hybridized carbons (Fsp3) is 0.143. The maximum absolute atomic E-state index is 12.3. The van der Waals surface area contributed by atoms with E-state index in [1.54, 1.807) is 44.0 Å². The van der Waals surface area contributed by atoms with E-state index < -0.39 is 18.9 Å². The molecule has 2 aromatic rings. The monoisotopic (exact) mass is 438 g/mol. The normalized spacial score (nSPS) is 11.8. The molecule has 30 heavy (non-hydrogen) atoms. The summed E-state index contributed by atoms with van der Waals surface area (Å²) in [6, 6.07) is 16.6. The minimum atomic E-state index is -0.486. The third-order valence-corrected chi connectivity index (χ3v) is 4.59. The molecule has 0 saturated carbocycles. The van der Waals surface area contributed by atoms with Crippen LogP contribution in [0, 0.1) is 11.3 Å². The fourth-order valence-electron chi connectivity index (χ4n) is 2.25. The lowest BCUT2D eigenvalue weighted by molar-refractivity contribution is -0.117. The second kappa shape index (κ2) is 13.5. The van der Waals surface area contributed by atoms with E-state index >= 15 is 0 Å². The second-order valence-electron chi connectivity index (χ2n) is 5.76. The summed E-state index contributed by atoms with van der Waals surface area (Å²) in [5, 5.41) is 12.0. The third kappa shape index (κ3) is 7.97. The van der Waals surface area contributed by atoms with Gasteiger partial charge in [0.05, 0.1) is 0 Å². The smallest absolute Gasteiger partial charge is 0.262 e. The van der Waals surface area contributed by atoms with Gasteiger partial charge in [0.2, 0.25) is 13.0 Å². The molecule has 0 bridgehead atoms. The largest absolute Gasteiger partial charge is 0.434 e. The summed E-state index contributed by atoms with van der Waals surface area (Å²) < 4.78 is 26.3. The fourth-order valence-corrected chi connectivity index (χ4v) is 2.92. The van der Waals surface area contributed by atoms with Crippen LogP contribution in [-0.4, -0.2) is 21.6 Å². The number of amides is 1. The molecular weight excluding hydrogens is 414 g/mol. The lowest BCUT2D eigenvalue weighted by Crippen LogP contribution is -2.23. The van der Waals surface area contributed by atoms with E-state index in [1.165, 1.54) is 6.08 Å². The van der Waals surface area contributed by atoms with Crippen LogP contribution in [0.4, 0.5) is 0 Å². The molecule has 0 radical (unpaired) electrons. The van der Waals surface area contributed by atoms with E-state index in [2.05, 4.69) is 5.32 Å². The average molecular weight is 438 g/mol. The van der Waals surface area contributed by atoms with E-state index in [1.807, 2.05) is 36.4 Å². The molecule has 5 nitrogen and oxygen atoms in total. The maximum Gasteiger partial charge on any atom is 0.262 e. The maximum atomic E-state index is 12.3. The zero-order valence-corrected chi connectivity index (χ0v) is 18.3. The Hall–Kier alpha value is -2.69. The van der Waals surface area contributed by atoms with Crippen molar-refractivity contribution >= 4 is 48.8 Å². The molecule has 0 aromatic heterocycles. The Balaban J connectivity index is 2.08. The van der Waals surface area contributed by atoms with Gasteiger partial charge in [-0.25, -0.2) is 0 Å². The van der Waals surface area contributed by atoms with Crippen molar-refractivity contribution in [2.24, 2.45) is 0 Å². The molecule has 152 valence electrons. The highest BCUT2D eigenvalue weighted by Crippen LogP contribution is 2.33. The molecule has 1 amide bonds. The number of hydrogen-bond donors (Lipinski definition) is 1. The quantitative estimate of drug-likeness (QED) is 0.185. The zero-order chi connectivity index (χ0) is 23.3. The molecule has 1 N–H and O–H groups in total. The molecule has 0 fully saturated rings. The summed E-state index contributed by atoms with van der Waals surface area (Å²) >= 11 is 1.97. The Morgan fingerprint density at radius 1 is 1.17 bits per heavy atom. The number of hydrogen-bond acceptors (Lipinski definition) is 6. The molecule has 0 atom stereocenters. The number of nitrogens with zero attached hydrogens (tertiary/aromatic N) is 1. The lowest BCUT2D eigenvalue weighted by Gasteiger charge is -2.10. The predicted molar refractivity (Wildman–Crippen MR) is 130 cm³/mol. The van der Waals surface area contributed by atoms with Crippen molar-refractivity contribution in [3.8, 4) is 17.6 Å².